The second kappa shape index (κ2) is 7.30. The molecular formula is C23H25FN4O3. The predicted octanol–water partition coefficient (Wildman–Crippen LogP) is 3.27. The summed E-state index contributed by atoms with van der Waals surface area (Å²) in [5.74, 6) is 1.01. The Kier molecular flexibility index (Phi) is 4.69. The van der Waals surface area contributed by atoms with Gasteiger partial charge in [-0.2, -0.15) is 0 Å². The first-order valence-corrected chi connectivity index (χ1v) is 10.5. The van der Waals surface area contributed by atoms with Crippen molar-refractivity contribution >= 4 is 16.8 Å². The van der Waals surface area contributed by atoms with Crippen LogP contribution in [0.15, 0.2) is 39.5 Å². The lowest BCUT2D eigenvalue weighted by Gasteiger charge is -2.43. The standard InChI is InChI=1S/C23H25FN4O3/c1-12-8-19(29)15-10-14(20(30)11-21(15)31-12)16-5-7-22(26-25-16)28(3)18-9-13-4-6-17(23(18)24)27(13)2/h5,7-8,10-11,13,17-18,23,30H,4,6,9H2,1-3H3/t13?,17?,18-,23+/m0/s1. The number of aromatic nitrogens is 2. The average Bonchev–Trinajstić information content (AvgIpc) is 3.00. The van der Waals surface area contributed by atoms with Gasteiger partial charge in [-0.15, -0.1) is 10.2 Å². The van der Waals surface area contributed by atoms with Gasteiger partial charge in [0.05, 0.1) is 17.1 Å². The highest BCUT2D eigenvalue weighted by molar-refractivity contribution is 5.86. The fourth-order valence-corrected chi connectivity index (χ4v) is 5.09. The van der Waals surface area contributed by atoms with Gasteiger partial charge in [-0.25, -0.2) is 4.39 Å². The lowest BCUT2D eigenvalue weighted by Crippen LogP contribution is -2.56. The van der Waals surface area contributed by atoms with Crippen molar-refractivity contribution in [3.63, 3.8) is 0 Å². The minimum atomic E-state index is -0.942. The highest BCUT2D eigenvalue weighted by Gasteiger charge is 2.47. The number of hydrogen-bond donors (Lipinski definition) is 1. The number of benzene rings is 1. The van der Waals surface area contributed by atoms with E-state index in [0.29, 0.717) is 39.8 Å². The van der Waals surface area contributed by atoms with Gasteiger partial charge in [0, 0.05) is 36.8 Å². The van der Waals surface area contributed by atoms with E-state index in [-0.39, 0.29) is 23.3 Å². The lowest BCUT2D eigenvalue weighted by molar-refractivity contribution is 0.0701. The van der Waals surface area contributed by atoms with E-state index >= 15 is 4.39 Å². The molecular weight excluding hydrogens is 399 g/mol. The smallest absolute Gasteiger partial charge is 0.192 e. The largest absolute Gasteiger partial charge is 0.507 e. The third kappa shape index (κ3) is 3.26. The number of fused-ring (bicyclic) bond motifs is 3. The SMILES string of the molecule is Cc1cc(=O)c2cc(-c3ccc(N(C)[C@H]4CC5CCC([C@H]4F)N5C)nn3)c(O)cc2o1. The maximum Gasteiger partial charge on any atom is 0.192 e. The van der Waals surface area contributed by atoms with Crippen LogP contribution < -0.4 is 10.3 Å². The van der Waals surface area contributed by atoms with Crippen LogP contribution in [0.3, 0.4) is 0 Å². The summed E-state index contributed by atoms with van der Waals surface area (Å²) in [7, 11) is 3.87. The van der Waals surface area contributed by atoms with Crippen molar-refractivity contribution < 1.29 is 13.9 Å². The first kappa shape index (κ1) is 19.9. The van der Waals surface area contributed by atoms with E-state index in [1.807, 2.05) is 19.0 Å². The number of phenolic OH excluding ortho intramolecular Hbond substituents is 1. The van der Waals surface area contributed by atoms with E-state index < -0.39 is 6.17 Å². The van der Waals surface area contributed by atoms with Gasteiger partial charge in [-0.1, -0.05) is 0 Å². The minimum Gasteiger partial charge on any atom is -0.507 e. The molecule has 2 bridgehead atoms. The number of halogens is 1. The molecule has 2 fully saturated rings. The number of phenols is 1. The van der Waals surface area contributed by atoms with Crippen LogP contribution in [-0.4, -0.2) is 58.6 Å². The summed E-state index contributed by atoms with van der Waals surface area (Å²) in [6.45, 7) is 1.68. The van der Waals surface area contributed by atoms with Gasteiger partial charge in [0.2, 0.25) is 0 Å². The second-order valence-corrected chi connectivity index (χ2v) is 8.69. The maximum atomic E-state index is 15.1. The van der Waals surface area contributed by atoms with Crippen LogP contribution in [0.4, 0.5) is 10.2 Å². The summed E-state index contributed by atoms with van der Waals surface area (Å²) >= 11 is 0. The Morgan fingerprint density at radius 1 is 1.23 bits per heavy atom. The molecule has 31 heavy (non-hydrogen) atoms. The van der Waals surface area contributed by atoms with E-state index in [1.165, 1.54) is 12.1 Å². The molecule has 2 aromatic heterocycles. The number of anilines is 1. The number of aromatic hydroxyl groups is 1. The number of piperidine rings is 1. The van der Waals surface area contributed by atoms with Crippen molar-refractivity contribution in [2.75, 3.05) is 19.0 Å². The molecule has 0 aliphatic carbocycles. The van der Waals surface area contributed by atoms with Crippen LogP contribution in [0.1, 0.15) is 25.0 Å². The zero-order chi connectivity index (χ0) is 21.9. The van der Waals surface area contributed by atoms with Crippen molar-refractivity contribution in [3.05, 3.63) is 46.3 Å². The summed E-state index contributed by atoms with van der Waals surface area (Å²) in [5.41, 5.74) is 0.958. The zero-order valence-electron chi connectivity index (χ0n) is 17.7. The average molecular weight is 424 g/mol. The van der Waals surface area contributed by atoms with E-state index in [0.717, 1.165) is 19.3 Å². The van der Waals surface area contributed by atoms with Crippen LogP contribution in [0.5, 0.6) is 5.75 Å². The molecule has 4 atom stereocenters. The highest BCUT2D eigenvalue weighted by Crippen LogP contribution is 2.39. The van der Waals surface area contributed by atoms with Gasteiger partial charge in [0.1, 0.15) is 23.3 Å². The topological polar surface area (TPSA) is 82.7 Å². The Balaban J connectivity index is 1.44. The summed E-state index contributed by atoms with van der Waals surface area (Å²) in [6, 6.07) is 8.02. The Hall–Kier alpha value is -3.00. The molecule has 5 rings (SSSR count). The van der Waals surface area contributed by atoms with Crippen molar-refractivity contribution in [2.24, 2.45) is 0 Å². The molecule has 0 amide bonds. The zero-order valence-corrected chi connectivity index (χ0v) is 17.7. The van der Waals surface area contributed by atoms with Crippen LogP contribution in [0.2, 0.25) is 0 Å². The summed E-state index contributed by atoms with van der Waals surface area (Å²) in [4.78, 5) is 16.3. The van der Waals surface area contributed by atoms with Gasteiger partial charge in [-0.05, 0) is 51.4 Å². The van der Waals surface area contributed by atoms with E-state index in [2.05, 4.69) is 15.1 Å². The monoisotopic (exact) mass is 424 g/mol. The third-order valence-electron chi connectivity index (χ3n) is 6.90. The molecule has 0 saturated carbocycles. The molecule has 1 aromatic carbocycles. The van der Waals surface area contributed by atoms with Gasteiger partial charge >= 0.3 is 0 Å². The number of aryl methyl sites for hydroxylation is 1. The Morgan fingerprint density at radius 3 is 2.77 bits per heavy atom. The number of rotatable bonds is 3. The maximum absolute atomic E-state index is 15.1. The minimum absolute atomic E-state index is 0.0386. The first-order chi connectivity index (χ1) is 14.8. The molecule has 162 valence electrons. The van der Waals surface area contributed by atoms with Crippen molar-refractivity contribution in [1.82, 2.24) is 15.1 Å². The highest BCUT2D eigenvalue weighted by atomic mass is 19.1. The first-order valence-electron chi connectivity index (χ1n) is 10.5. The Bertz CT molecular complexity index is 1200. The molecule has 1 N–H and O–H groups in total. The number of hydrogen-bond acceptors (Lipinski definition) is 7. The molecule has 2 saturated heterocycles. The molecule has 8 heteroatoms. The molecule has 0 spiro atoms. The van der Waals surface area contributed by atoms with Crippen molar-refractivity contribution in [1.29, 1.82) is 0 Å². The molecule has 3 aromatic rings. The van der Waals surface area contributed by atoms with E-state index in [4.69, 9.17) is 4.42 Å². The van der Waals surface area contributed by atoms with E-state index in [9.17, 15) is 9.90 Å². The van der Waals surface area contributed by atoms with Gasteiger partial charge in [0.15, 0.2) is 11.2 Å². The third-order valence-corrected chi connectivity index (χ3v) is 6.90. The molecule has 2 unspecified atom stereocenters. The number of alkyl halides is 1. The fourth-order valence-electron chi connectivity index (χ4n) is 5.09. The van der Waals surface area contributed by atoms with E-state index in [1.54, 1.807) is 25.1 Å². The van der Waals surface area contributed by atoms with Crippen LogP contribution in [-0.2, 0) is 0 Å². The molecule has 0 radical (unpaired) electrons. The summed E-state index contributed by atoms with van der Waals surface area (Å²) in [6.07, 6.45) is 1.74. The van der Waals surface area contributed by atoms with Gasteiger partial charge < -0.3 is 14.4 Å². The van der Waals surface area contributed by atoms with Crippen molar-refractivity contribution in [3.8, 4) is 17.0 Å². The van der Waals surface area contributed by atoms with Gasteiger partial charge in [0.25, 0.3) is 0 Å². The van der Waals surface area contributed by atoms with Gasteiger partial charge in [-0.3, -0.25) is 9.69 Å². The van der Waals surface area contributed by atoms with Crippen molar-refractivity contribution in [2.45, 2.75) is 50.5 Å². The Morgan fingerprint density at radius 2 is 2.03 bits per heavy atom. The fraction of sp³-hybridized carbons (Fsp3) is 0.435. The van der Waals surface area contributed by atoms with Crippen LogP contribution in [0.25, 0.3) is 22.2 Å². The lowest BCUT2D eigenvalue weighted by atomic mass is 9.95. The normalized spacial score (nSPS) is 25.8. The van der Waals surface area contributed by atoms with Crippen LogP contribution >= 0.6 is 0 Å². The van der Waals surface area contributed by atoms with Crippen LogP contribution in [0, 0.1) is 6.92 Å². The Labute approximate surface area is 179 Å². The molecule has 7 nitrogen and oxygen atoms in total. The summed E-state index contributed by atoms with van der Waals surface area (Å²) < 4.78 is 20.7. The molecule has 2 aliphatic heterocycles. The molecule has 2 aliphatic rings. The second-order valence-electron chi connectivity index (χ2n) is 8.69. The number of nitrogens with zero attached hydrogens (tertiary/aromatic N) is 4. The summed E-state index contributed by atoms with van der Waals surface area (Å²) in [5, 5.41) is 19.4. The quantitative estimate of drug-likeness (QED) is 0.691. The molecule has 4 heterocycles. The predicted molar refractivity (Wildman–Crippen MR) is 116 cm³/mol.